The Balaban J connectivity index is 2.54. The summed E-state index contributed by atoms with van der Waals surface area (Å²) in [7, 11) is 0. The van der Waals surface area contributed by atoms with Crippen molar-refractivity contribution in [3.8, 4) is 17.6 Å². The number of rotatable bonds is 1. The molecule has 0 aliphatic carbocycles. The van der Waals surface area contributed by atoms with Crippen molar-refractivity contribution in [2.75, 3.05) is 6.79 Å². The molecule has 1 aliphatic rings. The van der Waals surface area contributed by atoms with Gasteiger partial charge < -0.3 is 9.47 Å². The molecule has 3 heteroatoms. The fraction of sp³-hybridized carbons (Fsp3) is 0.182. The van der Waals surface area contributed by atoms with Crippen molar-refractivity contribution >= 4 is 5.57 Å². The lowest BCUT2D eigenvalue weighted by atomic mass is 10.0. The largest absolute Gasteiger partial charge is 0.454 e. The maximum atomic E-state index is 8.74. The van der Waals surface area contributed by atoms with Crippen LogP contribution in [-0.4, -0.2) is 6.79 Å². The highest BCUT2D eigenvalue weighted by molar-refractivity contribution is 5.78. The van der Waals surface area contributed by atoms with Crippen LogP contribution >= 0.6 is 0 Å². The molecule has 3 nitrogen and oxygen atoms in total. The lowest BCUT2D eigenvalue weighted by molar-refractivity contribution is 0.174. The number of benzene rings is 1. The van der Waals surface area contributed by atoms with Crippen molar-refractivity contribution in [3.63, 3.8) is 0 Å². The standard InChI is InChI=1S/C11H9NO2/c1-7-3-10-11(14-6-13-10)4-9(7)8(2)5-12/h3-4H,2,6H2,1H3. The molecule has 1 heterocycles. The summed E-state index contributed by atoms with van der Waals surface area (Å²) < 4.78 is 10.4. The molecule has 1 aliphatic heterocycles. The Morgan fingerprint density at radius 1 is 1.43 bits per heavy atom. The molecule has 14 heavy (non-hydrogen) atoms. The zero-order valence-corrected chi connectivity index (χ0v) is 7.83. The van der Waals surface area contributed by atoms with Gasteiger partial charge in [0.1, 0.15) is 0 Å². The molecule has 0 atom stereocenters. The summed E-state index contributed by atoms with van der Waals surface area (Å²) in [5.41, 5.74) is 2.23. The number of allylic oxidation sites excluding steroid dienone is 1. The van der Waals surface area contributed by atoms with Gasteiger partial charge in [0, 0.05) is 0 Å². The number of aryl methyl sites for hydroxylation is 1. The van der Waals surface area contributed by atoms with Gasteiger partial charge in [0.25, 0.3) is 0 Å². The predicted octanol–water partition coefficient (Wildman–Crippen LogP) is 2.26. The van der Waals surface area contributed by atoms with E-state index in [0.717, 1.165) is 16.9 Å². The first kappa shape index (κ1) is 8.64. The summed E-state index contributed by atoms with van der Waals surface area (Å²) >= 11 is 0. The molecule has 0 aromatic heterocycles. The van der Waals surface area contributed by atoms with Gasteiger partial charge in [0.2, 0.25) is 6.79 Å². The molecule has 0 amide bonds. The van der Waals surface area contributed by atoms with Crippen molar-refractivity contribution in [2.24, 2.45) is 0 Å². The Bertz CT molecular complexity index is 443. The lowest BCUT2D eigenvalue weighted by Crippen LogP contribution is -1.92. The van der Waals surface area contributed by atoms with Crippen LogP contribution in [0, 0.1) is 18.3 Å². The van der Waals surface area contributed by atoms with Crippen molar-refractivity contribution in [2.45, 2.75) is 6.92 Å². The minimum Gasteiger partial charge on any atom is -0.454 e. The molecule has 1 aromatic carbocycles. The fourth-order valence-electron chi connectivity index (χ4n) is 1.43. The SMILES string of the molecule is C=C(C#N)c1cc2c(cc1C)OCO2. The number of hydrogen-bond acceptors (Lipinski definition) is 3. The van der Waals surface area contributed by atoms with Crippen molar-refractivity contribution in [3.05, 3.63) is 29.8 Å². The second-order valence-corrected chi connectivity index (χ2v) is 3.11. The van der Waals surface area contributed by atoms with Crippen LogP contribution in [0.5, 0.6) is 11.5 Å². The quantitative estimate of drug-likeness (QED) is 0.633. The summed E-state index contributed by atoms with van der Waals surface area (Å²) in [5.74, 6) is 1.42. The van der Waals surface area contributed by atoms with E-state index in [1.807, 2.05) is 19.1 Å². The van der Waals surface area contributed by atoms with Crippen LogP contribution in [0.2, 0.25) is 0 Å². The fourth-order valence-corrected chi connectivity index (χ4v) is 1.43. The minimum absolute atomic E-state index is 0.247. The Morgan fingerprint density at radius 2 is 2.07 bits per heavy atom. The van der Waals surface area contributed by atoms with E-state index in [1.165, 1.54) is 0 Å². The van der Waals surface area contributed by atoms with E-state index in [0.29, 0.717) is 11.3 Å². The summed E-state index contributed by atoms with van der Waals surface area (Å²) in [6, 6.07) is 5.68. The molecule has 2 rings (SSSR count). The van der Waals surface area contributed by atoms with Crippen LogP contribution in [-0.2, 0) is 0 Å². The van der Waals surface area contributed by atoms with Crippen LogP contribution in [0.1, 0.15) is 11.1 Å². The Labute approximate surface area is 82.2 Å². The average Bonchev–Trinajstić information content (AvgIpc) is 2.62. The van der Waals surface area contributed by atoms with E-state index in [4.69, 9.17) is 14.7 Å². The zero-order valence-electron chi connectivity index (χ0n) is 7.83. The van der Waals surface area contributed by atoms with Gasteiger partial charge in [0.15, 0.2) is 11.5 Å². The molecule has 0 radical (unpaired) electrons. The maximum Gasteiger partial charge on any atom is 0.231 e. The van der Waals surface area contributed by atoms with E-state index in [1.54, 1.807) is 6.07 Å². The monoisotopic (exact) mass is 187 g/mol. The molecule has 0 N–H and O–H groups in total. The average molecular weight is 187 g/mol. The molecule has 0 fully saturated rings. The molecule has 0 saturated heterocycles. The number of nitrogens with zero attached hydrogens (tertiary/aromatic N) is 1. The highest BCUT2D eigenvalue weighted by Gasteiger charge is 2.16. The zero-order chi connectivity index (χ0) is 10.1. The highest BCUT2D eigenvalue weighted by Crippen LogP contribution is 2.36. The van der Waals surface area contributed by atoms with Crippen molar-refractivity contribution < 1.29 is 9.47 Å². The van der Waals surface area contributed by atoms with Gasteiger partial charge in [-0.2, -0.15) is 5.26 Å². The van der Waals surface area contributed by atoms with Crippen molar-refractivity contribution in [1.82, 2.24) is 0 Å². The predicted molar refractivity (Wildman–Crippen MR) is 51.9 cm³/mol. The van der Waals surface area contributed by atoms with Gasteiger partial charge in [-0.25, -0.2) is 0 Å². The number of fused-ring (bicyclic) bond motifs is 1. The molecular formula is C11H9NO2. The normalized spacial score (nSPS) is 12.3. The van der Waals surface area contributed by atoms with Gasteiger partial charge in [-0.05, 0) is 30.2 Å². The van der Waals surface area contributed by atoms with Gasteiger partial charge in [-0.1, -0.05) is 6.58 Å². The number of hydrogen-bond donors (Lipinski definition) is 0. The first-order valence-electron chi connectivity index (χ1n) is 4.22. The molecular weight excluding hydrogens is 178 g/mol. The number of nitriles is 1. The lowest BCUT2D eigenvalue weighted by Gasteiger charge is -2.04. The van der Waals surface area contributed by atoms with E-state index >= 15 is 0 Å². The third kappa shape index (κ3) is 1.21. The summed E-state index contributed by atoms with van der Waals surface area (Å²) in [6.45, 7) is 5.84. The molecule has 1 aromatic rings. The van der Waals surface area contributed by atoms with Crippen LogP contribution in [0.3, 0.4) is 0 Å². The van der Waals surface area contributed by atoms with E-state index in [2.05, 4.69) is 6.58 Å². The van der Waals surface area contributed by atoms with Crippen LogP contribution < -0.4 is 9.47 Å². The van der Waals surface area contributed by atoms with E-state index in [9.17, 15) is 0 Å². The molecule has 0 unspecified atom stereocenters. The Hall–Kier alpha value is -1.95. The molecule has 0 bridgehead atoms. The summed E-state index contributed by atoms with van der Waals surface area (Å²) in [6.07, 6.45) is 0. The third-order valence-corrected chi connectivity index (χ3v) is 2.18. The first-order chi connectivity index (χ1) is 6.72. The molecule has 0 spiro atoms. The van der Waals surface area contributed by atoms with Crippen LogP contribution in [0.4, 0.5) is 0 Å². The topological polar surface area (TPSA) is 42.2 Å². The molecule has 70 valence electrons. The van der Waals surface area contributed by atoms with E-state index in [-0.39, 0.29) is 6.79 Å². The molecule has 0 saturated carbocycles. The Morgan fingerprint density at radius 3 is 2.71 bits per heavy atom. The van der Waals surface area contributed by atoms with Crippen LogP contribution in [0.25, 0.3) is 5.57 Å². The van der Waals surface area contributed by atoms with Gasteiger partial charge in [-0.3, -0.25) is 0 Å². The van der Waals surface area contributed by atoms with E-state index < -0.39 is 0 Å². The minimum atomic E-state index is 0.247. The second kappa shape index (κ2) is 3.08. The summed E-state index contributed by atoms with van der Waals surface area (Å²) in [4.78, 5) is 0. The van der Waals surface area contributed by atoms with Crippen molar-refractivity contribution in [1.29, 1.82) is 5.26 Å². The first-order valence-corrected chi connectivity index (χ1v) is 4.22. The maximum absolute atomic E-state index is 8.74. The smallest absolute Gasteiger partial charge is 0.231 e. The van der Waals surface area contributed by atoms with Gasteiger partial charge in [-0.15, -0.1) is 0 Å². The van der Waals surface area contributed by atoms with Gasteiger partial charge >= 0.3 is 0 Å². The van der Waals surface area contributed by atoms with Gasteiger partial charge in [0.05, 0.1) is 11.6 Å². The van der Waals surface area contributed by atoms with Crippen LogP contribution in [0.15, 0.2) is 18.7 Å². The summed E-state index contributed by atoms with van der Waals surface area (Å²) in [5, 5.41) is 8.74. The Kier molecular flexibility index (Phi) is 1.90. The number of ether oxygens (including phenoxy) is 2. The third-order valence-electron chi connectivity index (χ3n) is 2.18. The highest BCUT2D eigenvalue weighted by atomic mass is 16.7. The second-order valence-electron chi connectivity index (χ2n) is 3.11.